The van der Waals surface area contributed by atoms with Gasteiger partial charge in [-0.25, -0.2) is 4.79 Å². The summed E-state index contributed by atoms with van der Waals surface area (Å²) in [5.41, 5.74) is 3.12. The van der Waals surface area contributed by atoms with Crippen LogP contribution in [0.1, 0.15) is 56.3 Å². The molecule has 0 bridgehead atoms. The van der Waals surface area contributed by atoms with Gasteiger partial charge in [0.15, 0.2) is 0 Å². The Balaban J connectivity index is 0.000000406. The minimum absolute atomic E-state index is 0.180. The number of amides is 1. The van der Waals surface area contributed by atoms with Gasteiger partial charge >= 0.3 is 12.1 Å². The molecule has 3 aliphatic rings. The zero-order valence-electron chi connectivity index (χ0n) is 19.3. The fraction of sp³-hybridized carbons (Fsp3) is 0.625. The number of hydrogen-bond acceptors (Lipinski definition) is 5. The molecule has 10 heteroatoms. The molecule has 1 unspecified atom stereocenters. The van der Waals surface area contributed by atoms with Gasteiger partial charge in [-0.05, 0) is 51.2 Å². The first kappa shape index (κ1) is 26.2. The quantitative estimate of drug-likeness (QED) is 0.631. The first-order valence-electron chi connectivity index (χ1n) is 11.5. The van der Waals surface area contributed by atoms with E-state index in [0.29, 0.717) is 32.7 Å². The Morgan fingerprint density at radius 2 is 2.03 bits per heavy atom. The maximum absolute atomic E-state index is 12.5. The Bertz CT molecular complexity index is 897. The molecule has 0 aromatic carbocycles. The fourth-order valence-electron chi connectivity index (χ4n) is 4.43. The van der Waals surface area contributed by atoms with Crippen molar-refractivity contribution in [2.24, 2.45) is 0 Å². The molecule has 7 nitrogen and oxygen atoms in total. The number of halogens is 3. The lowest BCUT2D eigenvalue weighted by molar-refractivity contribution is -0.202. The molecule has 3 heterocycles. The molecule has 4 rings (SSSR count). The van der Waals surface area contributed by atoms with Crippen LogP contribution in [0, 0.1) is 6.92 Å². The Hall–Kier alpha value is -2.46. The zero-order chi connectivity index (χ0) is 24.8. The van der Waals surface area contributed by atoms with Gasteiger partial charge in [-0.3, -0.25) is 9.78 Å². The second-order valence-corrected chi connectivity index (χ2v) is 9.07. The Morgan fingerprint density at radius 3 is 2.65 bits per heavy atom. The van der Waals surface area contributed by atoms with Crippen LogP contribution < -0.4 is 0 Å². The summed E-state index contributed by atoms with van der Waals surface area (Å²) in [4.78, 5) is 27.9. The highest BCUT2D eigenvalue weighted by Gasteiger charge is 2.49. The summed E-state index contributed by atoms with van der Waals surface area (Å²) in [6.45, 7) is 4.66. The molecule has 0 saturated carbocycles. The third kappa shape index (κ3) is 7.53. The van der Waals surface area contributed by atoms with Crippen LogP contribution in [0.4, 0.5) is 13.2 Å². The maximum Gasteiger partial charge on any atom is 0.490 e. The largest absolute Gasteiger partial charge is 0.490 e. The summed E-state index contributed by atoms with van der Waals surface area (Å²) < 4.78 is 43.9. The number of carbonyl (C=O) groups is 2. The predicted molar refractivity (Wildman–Crippen MR) is 117 cm³/mol. The number of alkyl halides is 3. The number of ether oxygens (including phenoxy) is 2. The van der Waals surface area contributed by atoms with E-state index in [0.717, 1.165) is 37.1 Å². The molecule has 2 fully saturated rings. The molecular weight excluding hydrogens is 453 g/mol. The van der Waals surface area contributed by atoms with E-state index in [1.807, 2.05) is 30.0 Å². The van der Waals surface area contributed by atoms with E-state index in [1.54, 1.807) is 0 Å². The van der Waals surface area contributed by atoms with Crippen molar-refractivity contribution in [2.75, 3.05) is 19.7 Å². The minimum atomic E-state index is -5.08. The molecule has 1 aromatic heterocycles. The highest BCUT2D eigenvalue weighted by atomic mass is 19.4. The third-order valence-electron chi connectivity index (χ3n) is 6.18. The van der Waals surface area contributed by atoms with Gasteiger partial charge in [0, 0.05) is 25.1 Å². The lowest BCUT2D eigenvalue weighted by Gasteiger charge is -2.53. The van der Waals surface area contributed by atoms with Crippen molar-refractivity contribution in [3.8, 4) is 0 Å². The highest BCUT2D eigenvalue weighted by molar-refractivity contribution is 5.80. The van der Waals surface area contributed by atoms with Gasteiger partial charge < -0.3 is 19.5 Å². The summed E-state index contributed by atoms with van der Waals surface area (Å²) in [7, 11) is 0. The van der Waals surface area contributed by atoms with E-state index in [-0.39, 0.29) is 17.6 Å². The van der Waals surface area contributed by atoms with E-state index < -0.39 is 12.1 Å². The minimum Gasteiger partial charge on any atom is -0.475 e. The van der Waals surface area contributed by atoms with E-state index in [2.05, 4.69) is 11.1 Å². The Labute approximate surface area is 196 Å². The molecule has 188 valence electrons. The standard InChI is InChI=1S/C22H30N2O3.C2HF3O2/c1-17-6-5-9-19(23-17)14-26-20-10-11-27-22(13-20)15-24(16-22)21(25)12-18-7-3-2-4-8-18;3-2(4,5)1(6)7/h5-7,9,20H,2-4,8,10-16H2,1H3;(H,6,7). The lowest BCUT2D eigenvalue weighted by Crippen LogP contribution is -2.67. The maximum atomic E-state index is 12.5. The van der Waals surface area contributed by atoms with E-state index in [1.165, 1.54) is 18.4 Å². The number of likely N-dealkylation sites (tertiary alicyclic amines) is 1. The molecule has 1 aliphatic carbocycles. The number of allylic oxidation sites excluding steroid dienone is 1. The Kier molecular flexibility index (Phi) is 8.70. The molecule has 2 aliphatic heterocycles. The summed E-state index contributed by atoms with van der Waals surface area (Å²) in [6, 6.07) is 6.02. The molecule has 1 aromatic rings. The monoisotopic (exact) mass is 484 g/mol. The summed E-state index contributed by atoms with van der Waals surface area (Å²) >= 11 is 0. The number of nitrogens with zero attached hydrogens (tertiary/aromatic N) is 2. The molecular formula is C24H31F3N2O5. The van der Waals surface area contributed by atoms with Crippen molar-refractivity contribution in [3.63, 3.8) is 0 Å². The highest BCUT2D eigenvalue weighted by Crippen LogP contribution is 2.36. The van der Waals surface area contributed by atoms with Gasteiger partial charge in [0.2, 0.25) is 5.91 Å². The second-order valence-electron chi connectivity index (χ2n) is 9.07. The summed E-state index contributed by atoms with van der Waals surface area (Å²) in [5.74, 6) is -2.50. The van der Waals surface area contributed by atoms with Crippen LogP contribution in [0.5, 0.6) is 0 Å². The van der Waals surface area contributed by atoms with Gasteiger partial charge in [-0.1, -0.05) is 17.7 Å². The predicted octanol–water partition coefficient (Wildman–Crippen LogP) is 4.19. The number of carboxylic acids is 1. The SMILES string of the molecule is Cc1cccc(COC2CCOC3(C2)CN(C(=O)CC2=CCCCC2)C3)n1.O=C(O)C(F)(F)F. The van der Waals surface area contributed by atoms with E-state index >= 15 is 0 Å². The first-order valence-corrected chi connectivity index (χ1v) is 11.5. The summed E-state index contributed by atoms with van der Waals surface area (Å²) in [5, 5.41) is 7.12. The van der Waals surface area contributed by atoms with Crippen LogP contribution in [0.2, 0.25) is 0 Å². The number of carbonyl (C=O) groups excluding carboxylic acids is 1. The molecule has 1 N–H and O–H groups in total. The van der Waals surface area contributed by atoms with Crippen molar-refractivity contribution in [1.82, 2.24) is 9.88 Å². The van der Waals surface area contributed by atoms with Crippen molar-refractivity contribution < 1.29 is 37.3 Å². The smallest absolute Gasteiger partial charge is 0.475 e. The number of aromatic nitrogens is 1. The second kappa shape index (κ2) is 11.3. The number of pyridine rings is 1. The van der Waals surface area contributed by atoms with Crippen molar-refractivity contribution >= 4 is 11.9 Å². The molecule has 1 spiro atoms. The van der Waals surface area contributed by atoms with Gasteiger partial charge in [-0.2, -0.15) is 13.2 Å². The van der Waals surface area contributed by atoms with Crippen molar-refractivity contribution in [2.45, 2.75) is 76.4 Å². The number of carboxylic acid groups (broad SMARTS) is 1. The third-order valence-corrected chi connectivity index (χ3v) is 6.18. The average Bonchev–Trinajstić information content (AvgIpc) is 2.77. The van der Waals surface area contributed by atoms with Crippen LogP contribution in [-0.4, -0.2) is 64.4 Å². The molecule has 34 heavy (non-hydrogen) atoms. The van der Waals surface area contributed by atoms with E-state index in [4.69, 9.17) is 19.4 Å². The molecule has 1 atom stereocenters. The molecule has 0 radical (unpaired) electrons. The average molecular weight is 485 g/mol. The topological polar surface area (TPSA) is 89.0 Å². The van der Waals surface area contributed by atoms with Crippen LogP contribution >= 0.6 is 0 Å². The van der Waals surface area contributed by atoms with Crippen molar-refractivity contribution in [1.29, 1.82) is 0 Å². The van der Waals surface area contributed by atoms with Gasteiger partial charge in [0.25, 0.3) is 0 Å². The van der Waals surface area contributed by atoms with Crippen LogP contribution in [-0.2, 0) is 25.7 Å². The normalized spacial score (nSPS) is 21.7. The number of aliphatic carboxylic acids is 1. The number of aryl methyl sites for hydroxylation is 1. The van der Waals surface area contributed by atoms with Crippen LogP contribution in [0.15, 0.2) is 29.8 Å². The number of rotatable bonds is 5. The van der Waals surface area contributed by atoms with Crippen molar-refractivity contribution in [3.05, 3.63) is 41.2 Å². The van der Waals surface area contributed by atoms with E-state index in [9.17, 15) is 18.0 Å². The Morgan fingerprint density at radius 1 is 1.29 bits per heavy atom. The zero-order valence-corrected chi connectivity index (χ0v) is 19.3. The van der Waals surface area contributed by atoms with Gasteiger partial charge in [0.1, 0.15) is 5.60 Å². The van der Waals surface area contributed by atoms with Gasteiger partial charge in [-0.15, -0.1) is 0 Å². The van der Waals surface area contributed by atoms with Crippen LogP contribution in [0.25, 0.3) is 0 Å². The van der Waals surface area contributed by atoms with Gasteiger partial charge in [0.05, 0.1) is 31.5 Å². The molecule has 2 saturated heterocycles. The fourth-order valence-corrected chi connectivity index (χ4v) is 4.43. The summed E-state index contributed by atoms with van der Waals surface area (Å²) in [6.07, 6.45) is 4.43. The van der Waals surface area contributed by atoms with Crippen LogP contribution in [0.3, 0.4) is 0 Å². The lowest BCUT2D eigenvalue weighted by atomic mass is 9.84. The number of hydrogen-bond donors (Lipinski definition) is 1. The molecule has 1 amide bonds. The first-order chi connectivity index (χ1) is 16.1.